The van der Waals surface area contributed by atoms with Gasteiger partial charge in [-0.15, -0.1) is 10.2 Å². The summed E-state index contributed by atoms with van der Waals surface area (Å²) in [4.78, 5) is 45.7. The van der Waals surface area contributed by atoms with Gasteiger partial charge in [0.15, 0.2) is 11.5 Å². The number of rotatable bonds is 4. The number of nitrogens with one attached hydrogen (secondary N) is 1. The van der Waals surface area contributed by atoms with E-state index in [9.17, 15) is 14.4 Å². The number of piperidine rings is 2. The third-order valence-corrected chi connectivity index (χ3v) is 9.57. The number of fused-ring (bicyclic) bond motifs is 6. The molecule has 12 nitrogen and oxygen atoms in total. The number of tetrazole rings is 1. The second kappa shape index (κ2) is 13.9. The van der Waals surface area contributed by atoms with Crippen molar-refractivity contribution in [1.29, 1.82) is 0 Å². The highest BCUT2D eigenvalue weighted by Gasteiger charge is 2.43. The average Bonchev–Trinajstić information content (AvgIpc) is 3.51. The van der Waals surface area contributed by atoms with Gasteiger partial charge in [-0.1, -0.05) is 18.2 Å². The molecular formula is C34H43N7O5. The van der Waals surface area contributed by atoms with Crippen LogP contribution in [0.2, 0.25) is 0 Å². The summed E-state index contributed by atoms with van der Waals surface area (Å²) < 4.78 is 11.3. The molecule has 0 aliphatic carbocycles. The van der Waals surface area contributed by atoms with Crippen molar-refractivity contribution in [2.45, 2.75) is 57.4 Å². The monoisotopic (exact) mass is 629 g/mol. The highest BCUT2D eigenvalue weighted by atomic mass is 16.5. The summed E-state index contributed by atoms with van der Waals surface area (Å²) in [5.74, 6) is 2.36. The minimum atomic E-state index is -0.0221. The van der Waals surface area contributed by atoms with E-state index in [-0.39, 0.29) is 35.6 Å². The summed E-state index contributed by atoms with van der Waals surface area (Å²) in [6, 6.07) is 11.4. The Bertz CT molecular complexity index is 1570. The molecule has 1 aromatic heterocycles. The zero-order valence-corrected chi connectivity index (χ0v) is 26.9. The number of hydrogen-bond donors (Lipinski definition) is 1. The van der Waals surface area contributed by atoms with Gasteiger partial charge in [-0.3, -0.25) is 14.4 Å². The molecule has 3 aliphatic heterocycles. The highest BCUT2D eigenvalue weighted by molar-refractivity contribution is 5.94. The molecular weight excluding hydrogens is 586 g/mol. The number of likely N-dealkylation sites (tertiary alicyclic amines) is 1. The van der Waals surface area contributed by atoms with Gasteiger partial charge in [-0.2, -0.15) is 4.80 Å². The standard InChI is InChI=1S/C34H43N7O5/c1-39-37-33(36-38-39)24-10-12-25(13-11-24)34(44)40-19-23-17-27(21-40)28-7-4-8-30(42)35-15-5-6-26-16-22(9-14-31(43)41(28)20-23)18-29(45-2)32(26)46-3/h10-13,16,18,23,27-28H,4-9,14-15,17,19-21H2,1-3H3,(H,35,42)/t23-,27-,28-/m0/s1. The first-order chi connectivity index (χ1) is 22.3. The number of benzene rings is 2. The Kier molecular flexibility index (Phi) is 9.51. The molecule has 0 radical (unpaired) electrons. The molecule has 4 heterocycles. The predicted octanol–water partition coefficient (Wildman–Crippen LogP) is 3.05. The maximum Gasteiger partial charge on any atom is 0.253 e. The number of nitrogens with zero attached hydrogens (tertiary/aromatic N) is 6. The summed E-state index contributed by atoms with van der Waals surface area (Å²) >= 11 is 0. The van der Waals surface area contributed by atoms with E-state index in [1.807, 2.05) is 35.2 Å². The summed E-state index contributed by atoms with van der Waals surface area (Å²) in [6.07, 6.45) is 5.32. The van der Waals surface area contributed by atoms with Crippen LogP contribution in [0.1, 0.15) is 60.0 Å². The molecule has 3 aromatic rings. The van der Waals surface area contributed by atoms with Crippen LogP contribution in [0.25, 0.3) is 11.4 Å². The third-order valence-electron chi connectivity index (χ3n) is 9.57. The van der Waals surface area contributed by atoms with E-state index in [0.717, 1.165) is 42.4 Å². The molecule has 0 spiro atoms. The van der Waals surface area contributed by atoms with Gasteiger partial charge in [0.2, 0.25) is 17.6 Å². The molecule has 1 N–H and O–H groups in total. The Morgan fingerprint density at radius 3 is 2.52 bits per heavy atom. The van der Waals surface area contributed by atoms with E-state index in [2.05, 4.69) is 31.7 Å². The minimum Gasteiger partial charge on any atom is -0.493 e. The third kappa shape index (κ3) is 6.85. The van der Waals surface area contributed by atoms with Crippen molar-refractivity contribution < 1.29 is 23.9 Å². The Balaban J connectivity index is 1.19. The number of carbonyl (C=O) groups is 3. The quantitative estimate of drug-likeness (QED) is 0.466. The number of amides is 3. The van der Waals surface area contributed by atoms with Crippen molar-refractivity contribution in [3.8, 4) is 22.9 Å². The second-order valence-corrected chi connectivity index (χ2v) is 12.7. The molecule has 0 saturated carbocycles. The maximum atomic E-state index is 13.9. The minimum absolute atomic E-state index is 0.00928. The summed E-state index contributed by atoms with van der Waals surface area (Å²) in [5.41, 5.74) is 3.46. The highest BCUT2D eigenvalue weighted by Crippen LogP contribution is 2.37. The summed E-state index contributed by atoms with van der Waals surface area (Å²) in [6.45, 7) is 2.40. The lowest BCUT2D eigenvalue weighted by molar-refractivity contribution is -0.140. The lowest BCUT2D eigenvalue weighted by atomic mass is 9.77. The Labute approximate surface area is 269 Å². The van der Waals surface area contributed by atoms with Crippen LogP contribution in [0.5, 0.6) is 11.5 Å². The number of aryl methyl sites for hydroxylation is 3. The fourth-order valence-corrected chi connectivity index (χ4v) is 7.41. The van der Waals surface area contributed by atoms with Crippen molar-refractivity contribution in [1.82, 2.24) is 35.3 Å². The van der Waals surface area contributed by atoms with Crippen molar-refractivity contribution in [3.63, 3.8) is 0 Å². The molecule has 3 amide bonds. The zero-order valence-electron chi connectivity index (χ0n) is 26.9. The molecule has 2 saturated heterocycles. The average molecular weight is 630 g/mol. The van der Waals surface area contributed by atoms with Gasteiger partial charge < -0.3 is 24.6 Å². The van der Waals surface area contributed by atoms with Gasteiger partial charge >= 0.3 is 0 Å². The predicted molar refractivity (Wildman–Crippen MR) is 170 cm³/mol. The van der Waals surface area contributed by atoms with E-state index in [4.69, 9.17) is 9.47 Å². The summed E-state index contributed by atoms with van der Waals surface area (Å²) in [7, 11) is 4.97. The maximum absolute atomic E-state index is 13.9. The lowest BCUT2D eigenvalue weighted by Crippen LogP contribution is -2.60. The smallest absolute Gasteiger partial charge is 0.253 e. The van der Waals surface area contributed by atoms with Crippen molar-refractivity contribution in [2.75, 3.05) is 40.4 Å². The van der Waals surface area contributed by atoms with Gasteiger partial charge in [0.25, 0.3) is 5.91 Å². The number of ether oxygens (including phenoxy) is 2. The number of hydrogen-bond acceptors (Lipinski definition) is 8. The van der Waals surface area contributed by atoms with Crippen LogP contribution in [0.4, 0.5) is 0 Å². The first kappa shape index (κ1) is 31.5. The Morgan fingerprint density at radius 1 is 0.957 bits per heavy atom. The van der Waals surface area contributed by atoms with Crippen LogP contribution in [0, 0.1) is 11.8 Å². The fraction of sp³-hybridized carbons (Fsp3) is 0.529. The molecule has 3 aliphatic rings. The second-order valence-electron chi connectivity index (χ2n) is 12.7. The fourth-order valence-electron chi connectivity index (χ4n) is 7.41. The van der Waals surface area contributed by atoms with Gasteiger partial charge in [0, 0.05) is 56.2 Å². The Morgan fingerprint density at radius 2 is 1.78 bits per heavy atom. The van der Waals surface area contributed by atoms with Gasteiger partial charge in [0.1, 0.15) is 0 Å². The summed E-state index contributed by atoms with van der Waals surface area (Å²) in [5, 5.41) is 15.2. The van der Waals surface area contributed by atoms with Gasteiger partial charge in [-0.05, 0) is 84.9 Å². The van der Waals surface area contributed by atoms with Crippen LogP contribution >= 0.6 is 0 Å². The van der Waals surface area contributed by atoms with Crippen LogP contribution in [0.3, 0.4) is 0 Å². The molecule has 3 atom stereocenters. The van der Waals surface area contributed by atoms with Gasteiger partial charge in [0.05, 0.1) is 21.3 Å². The number of methoxy groups -OCH3 is 2. The molecule has 2 fully saturated rings. The first-order valence-corrected chi connectivity index (χ1v) is 16.3. The molecule has 4 bridgehead atoms. The SMILES string of the molecule is COc1cc2cc(c1OC)CCCNC(=O)CCC[C@H]1[C@H]3C[C@@H](CN(C(=O)c4ccc(-c5nnn(C)n5)cc4)C3)CN1C(=O)CC2. The molecule has 12 heteroatoms. The van der Waals surface area contributed by atoms with E-state index < -0.39 is 0 Å². The molecule has 0 unspecified atom stereocenters. The Hall–Kier alpha value is -4.48. The molecule has 6 rings (SSSR count). The van der Waals surface area contributed by atoms with Gasteiger partial charge in [-0.25, -0.2) is 0 Å². The van der Waals surface area contributed by atoms with Crippen molar-refractivity contribution >= 4 is 17.7 Å². The van der Waals surface area contributed by atoms with E-state index in [0.29, 0.717) is 74.7 Å². The van der Waals surface area contributed by atoms with Crippen LogP contribution in [0.15, 0.2) is 36.4 Å². The van der Waals surface area contributed by atoms with Crippen LogP contribution in [-0.2, 0) is 29.5 Å². The van der Waals surface area contributed by atoms with E-state index >= 15 is 0 Å². The number of carbonyl (C=O) groups excluding carboxylic acids is 3. The van der Waals surface area contributed by atoms with E-state index in [1.165, 1.54) is 4.80 Å². The van der Waals surface area contributed by atoms with Crippen LogP contribution < -0.4 is 14.8 Å². The largest absolute Gasteiger partial charge is 0.493 e. The number of aromatic nitrogens is 4. The van der Waals surface area contributed by atoms with E-state index in [1.54, 1.807) is 21.3 Å². The zero-order chi connectivity index (χ0) is 32.2. The molecule has 2 aromatic carbocycles. The lowest BCUT2D eigenvalue weighted by Gasteiger charge is -2.51. The van der Waals surface area contributed by atoms with Crippen LogP contribution in [-0.4, -0.2) is 94.2 Å². The molecule has 46 heavy (non-hydrogen) atoms. The normalized spacial score (nSPS) is 22.5. The first-order valence-electron chi connectivity index (χ1n) is 16.3. The van der Waals surface area contributed by atoms with Crippen molar-refractivity contribution in [3.05, 3.63) is 53.1 Å². The topological polar surface area (TPSA) is 132 Å². The van der Waals surface area contributed by atoms with Crippen molar-refractivity contribution in [2.24, 2.45) is 18.9 Å². The molecule has 244 valence electrons.